The summed E-state index contributed by atoms with van der Waals surface area (Å²) in [7, 11) is 1.59. The maximum Gasteiger partial charge on any atom is 0.272 e. The maximum atomic E-state index is 12.9. The molecule has 35 heavy (non-hydrogen) atoms. The van der Waals surface area contributed by atoms with Crippen molar-refractivity contribution in [1.82, 2.24) is 9.55 Å². The van der Waals surface area contributed by atoms with Gasteiger partial charge in [0.25, 0.3) is 12.0 Å². The van der Waals surface area contributed by atoms with Crippen LogP contribution in [0.15, 0.2) is 45.6 Å². The fraction of sp³-hybridized carbons (Fsp3) is 0.346. The molecule has 9 heteroatoms. The van der Waals surface area contributed by atoms with Gasteiger partial charge >= 0.3 is 0 Å². The first-order valence-corrected chi connectivity index (χ1v) is 11.5. The first-order chi connectivity index (χ1) is 16.9. The van der Waals surface area contributed by atoms with Gasteiger partial charge in [-0.15, -0.1) is 0 Å². The van der Waals surface area contributed by atoms with Gasteiger partial charge in [-0.2, -0.15) is 5.26 Å². The lowest BCUT2D eigenvalue weighted by molar-refractivity contribution is 0.0820. The van der Waals surface area contributed by atoms with E-state index < -0.39 is 18.6 Å². The number of pyridine rings is 1. The van der Waals surface area contributed by atoms with Crippen LogP contribution in [0, 0.1) is 18.3 Å². The van der Waals surface area contributed by atoms with E-state index in [9.17, 15) is 18.8 Å². The highest BCUT2D eigenvalue weighted by Gasteiger charge is 2.28. The number of benzene rings is 2. The van der Waals surface area contributed by atoms with Crippen molar-refractivity contribution in [3.63, 3.8) is 0 Å². The molecule has 2 aromatic heterocycles. The second-order valence-electron chi connectivity index (χ2n) is 8.87. The van der Waals surface area contributed by atoms with E-state index in [1.807, 2.05) is 30.0 Å². The van der Waals surface area contributed by atoms with E-state index in [1.54, 1.807) is 25.2 Å². The number of ether oxygens (including phenoxy) is 1. The Hall–Kier alpha value is -3.93. The summed E-state index contributed by atoms with van der Waals surface area (Å²) in [6.45, 7) is 2.45. The third-order valence-electron chi connectivity index (χ3n) is 6.55. The molecule has 1 aliphatic heterocycles. The summed E-state index contributed by atoms with van der Waals surface area (Å²) in [6.07, 6.45) is -1.14. The van der Waals surface area contributed by atoms with Gasteiger partial charge in [-0.1, -0.05) is 6.07 Å². The number of aromatic nitrogens is 2. The lowest BCUT2D eigenvalue weighted by Gasteiger charge is -2.33. The van der Waals surface area contributed by atoms with Crippen molar-refractivity contribution in [2.75, 3.05) is 24.6 Å². The van der Waals surface area contributed by atoms with Gasteiger partial charge in [-0.3, -0.25) is 4.79 Å². The van der Waals surface area contributed by atoms with Gasteiger partial charge in [0.1, 0.15) is 29.5 Å². The predicted octanol–water partition coefficient (Wildman–Crippen LogP) is 4.89. The monoisotopic (exact) mass is 478 g/mol. The van der Waals surface area contributed by atoms with E-state index in [-0.39, 0.29) is 17.2 Å². The molecule has 3 heterocycles. The first-order valence-electron chi connectivity index (χ1n) is 11.5. The molecule has 0 saturated carbocycles. The van der Waals surface area contributed by atoms with E-state index in [0.717, 1.165) is 29.5 Å². The number of nitriles is 1. The Morgan fingerprint density at radius 3 is 2.71 bits per heavy atom. The van der Waals surface area contributed by atoms with Crippen LogP contribution in [-0.2, 0) is 7.05 Å². The summed E-state index contributed by atoms with van der Waals surface area (Å²) >= 11 is 0. The van der Waals surface area contributed by atoms with E-state index >= 15 is 0 Å². The molecule has 0 unspecified atom stereocenters. The van der Waals surface area contributed by atoms with Gasteiger partial charge < -0.3 is 18.6 Å². The standard InChI is InChI=1S/C26H24F2N4O3/c1-15-3-6-22-20(11-15)30-25(35-22)16-7-9-32(10-8-16)24-18-12-17(34-14-23(27)28)4-5-21(18)31(2)26(33)19(24)13-29/h3-6,11-12,16,23H,7-10,14H2,1-2H3. The van der Waals surface area contributed by atoms with E-state index in [4.69, 9.17) is 9.15 Å². The van der Waals surface area contributed by atoms with E-state index in [2.05, 4.69) is 11.1 Å². The van der Waals surface area contributed by atoms with E-state index in [1.165, 1.54) is 4.57 Å². The molecule has 0 aliphatic carbocycles. The van der Waals surface area contributed by atoms with Crippen molar-refractivity contribution < 1.29 is 17.9 Å². The minimum atomic E-state index is -2.60. The van der Waals surface area contributed by atoms with Gasteiger partial charge in [0.05, 0.1) is 11.2 Å². The Morgan fingerprint density at radius 1 is 1.23 bits per heavy atom. The molecule has 0 amide bonds. The summed E-state index contributed by atoms with van der Waals surface area (Å²) in [5, 5.41) is 10.5. The molecule has 4 aromatic rings. The average molecular weight is 478 g/mol. The zero-order valence-electron chi connectivity index (χ0n) is 19.4. The number of nitrogens with zero attached hydrogens (tertiary/aromatic N) is 4. The van der Waals surface area contributed by atoms with Crippen LogP contribution in [0.5, 0.6) is 5.75 Å². The second-order valence-corrected chi connectivity index (χ2v) is 8.87. The molecular weight excluding hydrogens is 454 g/mol. The summed E-state index contributed by atoms with van der Waals surface area (Å²) in [4.78, 5) is 19.6. The van der Waals surface area contributed by atoms with Crippen LogP contribution < -0.4 is 15.2 Å². The lowest BCUT2D eigenvalue weighted by Crippen LogP contribution is -2.35. The zero-order valence-corrected chi connectivity index (χ0v) is 19.4. The number of hydrogen-bond donors (Lipinski definition) is 0. The lowest BCUT2D eigenvalue weighted by atomic mass is 9.95. The molecule has 0 spiro atoms. The maximum absolute atomic E-state index is 12.9. The molecule has 1 saturated heterocycles. The number of hydrogen-bond acceptors (Lipinski definition) is 6. The number of aryl methyl sites for hydroxylation is 2. The zero-order chi connectivity index (χ0) is 24.7. The van der Waals surface area contributed by atoms with Crippen LogP contribution >= 0.6 is 0 Å². The molecule has 7 nitrogen and oxygen atoms in total. The SMILES string of the molecule is Cc1ccc2oc(C3CCN(c4c(C#N)c(=O)n(C)c5ccc(OCC(F)F)cc45)CC3)nc2c1. The number of anilines is 1. The molecule has 5 rings (SSSR count). The number of alkyl halides is 2. The summed E-state index contributed by atoms with van der Waals surface area (Å²) in [5.74, 6) is 1.08. The fourth-order valence-corrected chi connectivity index (χ4v) is 4.77. The smallest absolute Gasteiger partial charge is 0.272 e. The summed E-state index contributed by atoms with van der Waals surface area (Å²) in [6, 6.07) is 12.8. The van der Waals surface area contributed by atoms with Crippen LogP contribution in [0.1, 0.15) is 35.8 Å². The van der Waals surface area contributed by atoms with Crippen molar-refractivity contribution in [1.29, 1.82) is 5.26 Å². The Balaban J connectivity index is 1.48. The molecule has 1 aliphatic rings. The highest BCUT2D eigenvalue weighted by atomic mass is 19.3. The van der Waals surface area contributed by atoms with Crippen LogP contribution in [0.25, 0.3) is 22.0 Å². The van der Waals surface area contributed by atoms with Gasteiger partial charge in [-0.05, 0) is 55.7 Å². The summed E-state index contributed by atoms with van der Waals surface area (Å²) in [5.41, 5.74) is 3.46. The highest BCUT2D eigenvalue weighted by Crippen LogP contribution is 2.36. The van der Waals surface area contributed by atoms with Crippen LogP contribution in [0.2, 0.25) is 0 Å². The average Bonchev–Trinajstić information content (AvgIpc) is 3.28. The largest absolute Gasteiger partial charge is 0.488 e. The van der Waals surface area contributed by atoms with Crippen molar-refractivity contribution in [2.45, 2.75) is 32.1 Å². The third-order valence-corrected chi connectivity index (χ3v) is 6.55. The molecular formula is C26H24F2N4O3. The minimum Gasteiger partial charge on any atom is -0.488 e. The molecule has 180 valence electrons. The molecule has 2 aromatic carbocycles. The number of rotatable bonds is 5. The fourth-order valence-electron chi connectivity index (χ4n) is 4.77. The Labute approximate surface area is 200 Å². The van der Waals surface area contributed by atoms with Crippen molar-refractivity contribution in [3.05, 3.63) is 63.8 Å². The van der Waals surface area contributed by atoms with E-state index in [0.29, 0.717) is 35.6 Å². The topological polar surface area (TPSA) is 84.3 Å². The number of halogens is 2. The van der Waals surface area contributed by atoms with Gasteiger partial charge in [0.15, 0.2) is 11.5 Å². The molecule has 0 atom stereocenters. The first kappa shape index (κ1) is 22.8. The normalized spacial score (nSPS) is 14.7. The number of piperidine rings is 1. The molecule has 0 bridgehead atoms. The second kappa shape index (κ2) is 9.02. The van der Waals surface area contributed by atoms with Crippen LogP contribution in [0.4, 0.5) is 14.5 Å². The number of fused-ring (bicyclic) bond motifs is 2. The molecule has 0 N–H and O–H groups in total. The predicted molar refractivity (Wildman–Crippen MR) is 128 cm³/mol. The van der Waals surface area contributed by atoms with Crippen LogP contribution in [-0.4, -0.2) is 35.7 Å². The van der Waals surface area contributed by atoms with Crippen molar-refractivity contribution in [3.8, 4) is 11.8 Å². The van der Waals surface area contributed by atoms with Gasteiger partial charge in [0.2, 0.25) is 0 Å². The van der Waals surface area contributed by atoms with Crippen LogP contribution in [0.3, 0.4) is 0 Å². The Kier molecular flexibility index (Phi) is 5.89. The molecule has 1 fully saturated rings. The highest BCUT2D eigenvalue weighted by molar-refractivity contribution is 5.96. The third kappa shape index (κ3) is 4.20. The molecule has 0 radical (unpaired) electrons. The minimum absolute atomic E-state index is 0.0294. The summed E-state index contributed by atoms with van der Waals surface area (Å²) < 4.78 is 38.0. The van der Waals surface area contributed by atoms with Gasteiger partial charge in [-0.25, -0.2) is 13.8 Å². The van der Waals surface area contributed by atoms with Crippen molar-refractivity contribution >= 4 is 27.7 Å². The Morgan fingerprint density at radius 2 is 2.00 bits per heavy atom. The Bertz CT molecular complexity index is 1510. The number of oxazole rings is 1. The van der Waals surface area contributed by atoms with Crippen molar-refractivity contribution in [2.24, 2.45) is 7.05 Å². The van der Waals surface area contributed by atoms with Gasteiger partial charge in [0, 0.05) is 31.4 Å². The quantitative estimate of drug-likeness (QED) is 0.406.